The van der Waals surface area contributed by atoms with Gasteiger partial charge in [0, 0.05) is 22.7 Å². The Bertz CT molecular complexity index is 1050. The molecule has 3 aromatic carbocycles. The number of ether oxygens (including phenoxy) is 1. The van der Waals surface area contributed by atoms with Gasteiger partial charge in [0.25, 0.3) is 5.69 Å². The van der Waals surface area contributed by atoms with Gasteiger partial charge in [-0.05, 0) is 47.5 Å². The van der Waals surface area contributed by atoms with E-state index in [0.717, 1.165) is 16.7 Å². The van der Waals surface area contributed by atoms with E-state index in [1.165, 1.54) is 12.1 Å². The molecule has 0 spiro atoms. The highest BCUT2D eigenvalue weighted by Crippen LogP contribution is 2.26. The molecule has 0 aliphatic heterocycles. The fourth-order valence-electron chi connectivity index (χ4n) is 2.57. The number of allylic oxidation sites excluding steroid dienone is 1. The van der Waals surface area contributed by atoms with Gasteiger partial charge < -0.3 is 4.74 Å². The van der Waals surface area contributed by atoms with Crippen LogP contribution in [-0.2, 0) is 6.61 Å². The zero-order valence-corrected chi connectivity index (χ0v) is 15.5. The molecule has 0 aromatic heterocycles. The minimum Gasteiger partial charge on any atom is -0.488 e. The van der Waals surface area contributed by atoms with Gasteiger partial charge in [0.2, 0.25) is 0 Å². The fourth-order valence-corrected chi connectivity index (χ4v) is 2.70. The molecule has 0 atom stereocenters. The van der Waals surface area contributed by atoms with E-state index in [1.807, 2.05) is 24.3 Å². The van der Waals surface area contributed by atoms with Crippen LogP contribution in [0.2, 0.25) is 5.02 Å². The summed E-state index contributed by atoms with van der Waals surface area (Å²) in [6.45, 7) is 0.256. The summed E-state index contributed by atoms with van der Waals surface area (Å²) in [5.74, 6) is 0.613. The zero-order chi connectivity index (χ0) is 19.9. The molecule has 3 rings (SSSR count). The fraction of sp³-hybridized carbons (Fsp3) is 0.0455. The summed E-state index contributed by atoms with van der Waals surface area (Å²) in [6, 6.07) is 22.8. The molecule has 0 bridgehead atoms. The average molecular weight is 391 g/mol. The number of halogens is 1. The van der Waals surface area contributed by atoms with Crippen molar-refractivity contribution in [1.82, 2.24) is 0 Å². The third-order valence-electron chi connectivity index (χ3n) is 4.04. The topological polar surface area (TPSA) is 76.2 Å². The Morgan fingerprint density at radius 2 is 1.75 bits per heavy atom. The van der Waals surface area contributed by atoms with Crippen molar-refractivity contribution in [2.45, 2.75) is 6.61 Å². The number of para-hydroxylation sites is 1. The summed E-state index contributed by atoms with van der Waals surface area (Å²) in [4.78, 5) is 10.3. The predicted molar refractivity (Wildman–Crippen MR) is 109 cm³/mol. The van der Waals surface area contributed by atoms with E-state index in [9.17, 15) is 15.4 Å². The van der Waals surface area contributed by atoms with Crippen molar-refractivity contribution in [2.75, 3.05) is 0 Å². The molecule has 6 heteroatoms. The zero-order valence-electron chi connectivity index (χ0n) is 14.7. The highest BCUT2D eigenvalue weighted by atomic mass is 35.5. The number of benzene rings is 3. The molecule has 0 saturated heterocycles. The molecule has 0 radical (unpaired) electrons. The van der Waals surface area contributed by atoms with Crippen molar-refractivity contribution in [2.24, 2.45) is 0 Å². The maximum absolute atomic E-state index is 10.7. The number of nitrogens with zero attached hydrogens (tertiary/aromatic N) is 2. The van der Waals surface area contributed by atoms with Crippen LogP contribution in [0.1, 0.15) is 16.7 Å². The number of non-ortho nitro benzene ring substituents is 1. The average Bonchev–Trinajstić information content (AvgIpc) is 2.72. The van der Waals surface area contributed by atoms with Crippen molar-refractivity contribution < 1.29 is 9.66 Å². The van der Waals surface area contributed by atoms with E-state index < -0.39 is 4.92 Å². The van der Waals surface area contributed by atoms with Gasteiger partial charge in [-0.25, -0.2) is 0 Å². The molecule has 0 saturated carbocycles. The number of nitriles is 1. The highest BCUT2D eigenvalue weighted by molar-refractivity contribution is 6.30. The van der Waals surface area contributed by atoms with Crippen molar-refractivity contribution in [3.63, 3.8) is 0 Å². The van der Waals surface area contributed by atoms with Gasteiger partial charge in [-0.3, -0.25) is 10.1 Å². The second-order valence-electron chi connectivity index (χ2n) is 5.93. The quantitative estimate of drug-likeness (QED) is 0.227. The van der Waals surface area contributed by atoms with Crippen LogP contribution in [0.25, 0.3) is 11.6 Å². The predicted octanol–water partition coefficient (Wildman–Crippen LogP) is 5.89. The van der Waals surface area contributed by atoms with Crippen molar-refractivity contribution in [3.05, 3.63) is 105 Å². The first kappa shape index (κ1) is 19.2. The Kier molecular flexibility index (Phi) is 6.05. The van der Waals surface area contributed by atoms with Crippen molar-refractivity contribution in [1.29, 1.82) is 5.26 Å². The van der Waals surface area contributed by atoms with Crippen molar-refractivity contribution in [3.8, 4) is 11.8 Å². The molecule has 0 amide bonds. The Labute approximate surface area is 167 Å². The third kappa shape index (κ3) is 4.76. The maximum Gasteiger partial charge on any atom is 0.269 e. The van der Waals surface area contributed by atoms with Crippen LogP contribution in [0.15, 0.2) is 72.8 Å². The molecule has 5 nitrogen and oxygen atoms in total. The summed E-state index contributed by atoms with van der Waals surface area (Å²) in [7, 11) is 0. The minimum absolute atomic E-state index is 0.0358. The van der Waals surface area contributed by atoms with Crippen LogP contribution in [0, 0.1) is 21.4 Å². The lowest BCUT2D eigenvalue weighted by atomic mass is 10.0. The highest BCUT2D eigenvalue weighted by Gasteiger charge is 2.07. The van der Waals surface area contributed by atoms with Crippen LogP contribution >= 0.6 is 11.6 Å². The van der Waals surface area contributed by atoms with Crippen LogP contribution in [-0.4, -0.2) is 4.92 Å². The number of hydrogen-bond donors (Lipinski definition) is 0. The summed E-state index contributed by atoms with van der Waals surface area (Å²) in [5.41, 5.74) is 2.85. The second-order valence-corrected chi connectivity index (χ2v) is 6.36. The summed E-state index contributed by atoms with van der Waals surface area (Å²) in [5, 5.41) is 20.9. The van der Waals surface area contributed by atoms with Gasteiger partial charge in [0.1, 0.15) is 12.4 Å². The van der Waals surface area contributed by atoms with Crippen LogP contribution in [0.4, 0.5) is 5.69 Å². The Morgan fingerprint density at radius 3 is 2.39 bits per heavy atom. The van der Waals surface area contributed by atoms with Gasteiger partial charge in [0.05, 0.1) is 16.6 Å². The lowest BCUT2D eigenvalue weighted by molar-refractivity contribution is -0.384. The molecular formula is C22H15ClN2O3. The molecule has 0 fully saturated rings. The van der Waals surface area contributed by atoms with Crippen molar-refractivity contribution >= 4 is 28.9 Å². The first-order valence-corrected chi connectivity index (χ1v) is 8.77. The molecule has 0 N–H and O–H groups in total. The maximum atomic E-state index is 10.7. The molecule has 138 valence electrons. The first-order valence-electron chi connectivity index (χ1n) is 8.40. The van der Waals surface area contributed by atoms with E-state index in [1.54, 1.807) is 42.5 Å². The van der Waals surface area contributed by atoms with E-state index in [2.05, 4.69) is 6.07 Å². The van der Waals surface area contributed by atoms with Gasteiger partial charge >= 0.3 is 0 Å². The molecule has 3 aromatic rings. The van der Waals surface area contributed by atoms with Gasteiger partial charge in [0.15, 0.2) is 0 Å². The lowest BCUT2D eigenvalue weighted by Crippen LogP contribution is -1.97. The molecule has 0 aliphatic rings. The summed E-state index contributed by atoms with van der Waals surface area (Å²) in [6.07, 6.45) is 1.76. The molecular weight excluding hydrogens is 376 g/mol. The van der Waals surface area contributed by atoms with Crippen LogP contribution in [0.3, 0.4) is 0 Å². The van der Waals surface area contributed by atoms with Gasteiger partial charge in [-0.15, -0.1) is 0 Å². The summed E-state index contributed by atoms with van der Waals surface area (Å²) < 4.78 is 5.88. The SMILES string of the molecule is N#CC(=Cc1ccccc1OCc1ccc([N+](=O)[O-])cc1)c1ccc(Cl)cc1. The smallest absolute Gasteiger partial charge is 0.269 e. The third-order valence-corrected chi connectivity index (χ3v) is 4.29. The molecule has 0 heterocycles. The number of rotatable bonds is 6. The lowest BCUT2D eigenvalue weighted by Gasteiger charge is -2.10. The molecule has 28 heavy (non-hydrogen) atoms. The number of hydrogen-bond acceptors (Lipinski definition) is 4. The van der Waals surface area contributed by atoms with E-state index in [4.69, 9.17) is 16.3 Å². The largest absolute Gasteiger partial charge is 0.488 e. The minimum atomic E-state index is -0.440. The van der Waals surface area contributed by atoms with E-state index in [0.29, 0.717) is 16.3 Å². The van der Waals surface area contributed by atoms with E-state index in [-0.39, 0.29) is 12.3 Å². The second kappa shape index (κ2) is 8.85. The standard InChI is InChI=1S/C22H15ClN2O3/c23-20-9-7-17(8-10-20)19(14-24)13-18-3-1-2-4-22(18)28-15-16-5-11-21(12-6-16)25(26)27/h1-13H,15H2. The Balaban J connectivity index is 1.81. The first-order chi connectivity index (χ1) is 13.6. The van der Waals surface area contributed by atoms with Gasteiger partial charge in [-0.2, -0.15) is 5.26 Å². The normalized spacial score (nSPS) is 10.9. The number of nitro benzene ring substituents is 1. The monoisotopic (exact) mass is 390 g/mol. The van der Waals surface area contributed by atoms with Gasteiger partial charge in [-0.1, -0.05) is 41.9 Å². The molecule has 0 unspecified atom stereocenters. The van der Waals surface area contributed by atoms with Crippen LogP contribution < -0.4 is 4.74 Å². The molecule has 0 aliphatic carbocycles. The summed E-state index contributed by atoms with van der Waals surface area (Å²) >= 11 is 5.91. The Hall–Kier alpha value is -3.62. The van der Waals surface area contributed by atoms with Crippen LogP contribution in [0.5, 0.6) is 5.75 Å². The number of nitro groups is 1. The van der Waals surface area contributed by atoms with E-state index >= 15 is 0 Å². The Morgan fingerprint density at radius 1 is 1.07 bits per heavy atom.